The number of methoxy groups -OCH3 is 1. The number of aromatic nitrogens is 1. The molecule has 1 amide bonds. The highest BCUT2D eigenvalue weighted by atomic mass is 16.5. The first kappa shape index (κ1) is 16.5. The quantitative estimate of drug-likeness (QED) is 0.845. The van der Waals surface area contributed by atoms with Crippen molar-refractivity contribution in [3.63, 3.8) is 0 Å². The van der Waals surface area contributed by atoms with Crippen molar-refractivity contribution in [1.82, 2.24) is 10.3 Å². The van der Waals surface area contributed by atoms with Gasteiger partial charge in [-0.2, -0.15) is 0 Å². The molecule has 0 aliphatic heterocycles. The number of carbonyl (C=O) groups is 2. The van der Waals surface area contributed by atoms with Gasteiger partial charge in [0.1, 0.15) is 0 Å². The molecule has 1 atom stereocenters. The van der Waals surface area contributed by atoms with Gasteiger partial charge in [0.15, 0.2) is 5.89 Å². The lowest BCUT2D eigenvalue weighted by Gasteiger charge is -2.30. The molecule has 0 aromatic carbocycles. The molecule has 1 N–H and O–H groups in total. The van der Waals surface area contributed by atoms with Gasteiger partial charge in [-0.15, -0.1) is 0 Å². The van der Waals surface area contributed by atoms with Gasteiger partial charge in [-0.1, -0.05) is 19.3 Å². The minimum Gasteiger partial charge on any atom is -0.469 e. The molecule has 122 valence electrons. The normalized spacial score (nSPS) is 17.0. The molecule has 1 unspecified atom stereocenters. The van der Waals surface area contributed by atoms with Gasteiger partial charge in [0.2, 0.25) is 5.76 Å². The third-order valence-corrected chi connectivity index (χ3v) is 4.26. The van der Waals surface area contributed by atoms with Crippen LogP contribution in [0.4, 0.5) is 0 Å². The summed E-state index contributed by atoms with van der Waals surface area (Å²) in [6.45, 7) is 3.44. The Morgan fingerprint density at radius 2 is 2.00 bits per heavy atom. The number of aryl methyl sites for hydroxylation is 2. The van der Waals surface area contributed by atoms with E-state index in [1.807, 2.05) is 0 Å². The fourth-order valence-corrected chi connectivity index (χ4v) is 3.11. The maximum atomic E-state index is 12.4. The van der Waals surface area contributed by atoms with Crippen molar-refractivity contribution in [2.75, 3.05) is 7.11 Å². The molecular formula is C16H24N2O4. The van der Waals surface area contributed by atoms with E-state index < -0.39 is 0 Å². The number of hydrogen-bond acceptors (Lipinski definition) is 5. The van der Waals surface area contributed by atoms with E-state index in [2.05, 4.69) is 10.3 Å². The first-order chi connectivity index (χ1) is 10.5. The molecular weight excluding hydrogens is 284 g/mol. The van der Waals surface area contributed by atoms with E-state index in [0.29, 0.717) is 17.5 Å². The predicted octanol–water partition coefficient (Wildman–Crippen LogP) is 2.53. The number of ether oxygens (including phenoxy) is 1. The highest BCUT2D eigenvalue weighted by Crippen LogP contribution is 2.28. The van der Waals surface area contributed by atoms with Gasteiger partial charge in [0, 0.05) is 13.0 Å². The number of carbonyl (C=O) groups excluding carboxylic acids is 2. The lowest BCUT2D eigenvalue weighted by Crippen LogP contribution is -2.42. The molecule has 6 heteroatoms. The number of rotatable bonds is 5. The molecule has 1 aromatic heterocycles. The second-order valence-corrected chi connectivity index (χ2v) is 5.91. The summed E-state index contributed by atoms with van der Waals surface area (Å²) >= 11 is 0. The summed E-state index contributed by atoms with van der Waals surface area (Å²) in [5.74, 6) is 0.382. The predicted molar refractivity (Wildman–Crippen MR) is 80.4 cm³/mol. The molecule has 22 heavy (non-hydrogen) atoms. The summed E-state index contributed by atoms with van der Waals surface area (Å²) in [6.07, 6.45) is 5.74. The highest BCUT2D eigenvalue weighted by molar-refractivity contribution is 5.92. The molecule has 1 aliphatic carbocycles. The molecule has 0 radical (unpaired) electrons. The topological polar surface area (TPSA) is 81.4 Å². The van der Waals surface area contributed by atoms with E-state index in [1.165, 1.54) is 13.5 Å². The van der Waals surface area contributed by atoms with Crippen LogP contribution in [0.1, 0.15) is 60.7 Å². The minimum absolute atomic E-state index is 0.194. The van der Waals surface area contributed by atoms with Crippen LogP contribution >= 0.6 is 0 Å². The molecule has 1 aliphatic rings. The van der Waals surface area contributed by atoms with Crippen LogP contribution in [0.5, 0.6) is 0 Å². The van der Waals surface area contributed by atoms with Crippen LogP contribution in [0.2, 0.25) is 0 Å². The first-order valence-electron chi connectivity index (χ1n) is 7.83. The van der Waals surface area contributed by atoms with Crippen molar-refractivity contribution in [1.29, 1.82) is 0 Å². The van der Waals surface area contributed by atoms with Crippen LogP contribution in [-0.2, 0) is 9.53 Å². The molecule has 0 spiro atoms. The average molecular weight is 308 g/mol. The van der Waals surface area contributed by atoms with Gasteiger partial charge in [-0.05, 0) is 25.7 Å². The molecule has 0 saturated heterocycles. The van der Waals surface area contributed by atoms with Crippen LogP contribution in [0.25, 0.3) is 0 Å². The molecule has 2 rings (SSSR count). The zero-order valence-corrected chi connectivity index (χ0v) is 13.5. The van der Waals surface area contributed by atoms with E-state index in [1.54, 1.807) is 13.8 Å². The third-order valence-electron chi connectivity index (χ3n) is 4.26. The van der Waals surface area contributed by atoms with Gasteiger partial charge in [0.25, 0.3) is 5.91 Å². The van der Waals surface area contributed by atoms with E-state index in [-0.39, 0.29) is 30.1 Å². The molecule has 1 saturated carbocycles. The summed E-state index contributed by atoms with van der Waals surface area (Å²) in [5, 5.41) is 2.95. The number of oxazole rings is 1. The maximum absolute atomic E-state index is 12.4. The zero-order chi connectivity index (χ0) is 16.1. The number of nitrogens with zero attached hydrogens (tertiary/aromatic N) is 1. The van der Waals surface area contributed by atoms with E-state index >= 15 is 0 Å². The second kappa shape index (κ2) is 7.42. The fraction of sp³-hybridized carbons (Fsp3) is 0.688. The van der Waals surface area contributed by atoms with E-state index in [0.717, 1.165) is 25.7 Å². The fourth-order valence-electron chi connectivity index (χ4n) is 3.11. The Morgan fingerprint density at radius 3 is 2.55 bits per heavy atom. The Balaban J connectivity index is 2.09. The molecule has 6 nitrogen and oxygen atoms in total. The Labute approximate surface area is 130 Å². The molecule has 1 aromatic rings. The summed E-state index contributed by atoms with van der Waals surface area (Å²) in [6, 6.07) is -0.218. The lowest BCUT2D eigenvalue weighted by molar-refractivity contribution is -0.141. The standard InChI is InChI=1S/C16H24N2O4/c1-10-15(22-11(2)17-10)16(20)18-13(9-14(19)21-3)12-7-5-4-6-8-12/h12-13H,4-9H2,1-3H3,(H,18,20). The largest absolute Gasteiger partial charge is 0.469 e. The van der Waals surface area contributed by atoms with Crippen molar-refractivity contribution in [3.8, 4) is 0 Å². The zero-order valence-electron chi connectivity index (χ0n) is 13.5. The monoisotopic (exact) mass is 308 g/mol. The van der Waals surface area contributed by atoms with Gasteiger partial charge in [-0.25, -0.2) is 4.98 Å². The smallest absolute Gasteiger partial charge is 0.307 e. The SMILES string of the molecule is COC(=O)CC(NC(=O)c1oc(C)nc1C)C1CCCCC1. The number of amides is 1. The van der Waals surface area contributed by atoms with E-state index in [9.17, 15) is 9.59 Å². The van der Waals surface area contributed by atoms with Crippen molar-refractivity contribution in [3.05, 3.63) is 17.3 Å². The van der Waals surface area contributed by atoms with Gasteiger partial charge in [0.05, 0.1) is 19.2 Å². The van der Waals surface area contributed by atoms with Crippen LogP contribution in [0, 0.1) is 19.8 Å². The summed E-state index contributed by atoms with van der Waals surface area (Å²) < 4.78 is 10.1. The van der Waals surface area contributed by atoms with Crippen LogP contribution in [0.15, 0.2) is 4.42 Å². The highest BCUT2D eigenvalue weighted by Gasteiger charge is 2.29. The molecule has 1 fully saturated rings. The maximum Gasteiger partial charge on any atom is 0.307 e. The van der Waals surface area contributed by atoms with Crippen molar-refractivity contribution in [2.45, 2.75) is 58.4 Å². The van der Waals surface area contributed by atoms with Gasteiger partial charge < -0.3 is 14.5 Å². The number of hydrogen-bond donors (Lipinski definition) is 1. The lowest BCUT2D eigenvalue weighted by atomic mass is 9.82. The van der Waals surface area contributed by atoms with E-state index in [4.69, 9.17) is 9.15 Å². The van der Waals surface area contributed by atoms with Crippen molar-refractivity contribution < 1.29 is 18.7 Å². The van der Waals surface area contributed by atoms with Gasteiger partial charge >= 0.3 is 5.97 Å². The summed E-state index contributed by atoms with van der Waals surface area (Å²) in [5.41, 5.74) is 0.565. The van der Waals surface area contributed by atoms with Crippen LogP contribution < -0.4 is 5.32 Å². The minimum atomic E-state index is -0.308. The Bertz CT molecular complexity index is 532. The Kier molecular flexibility index (Phi) is 5.57. The number of nitrogens with one attached hydrogen (secondary N) is 1. The average Bonchev–Trinajstić information content (AvgIpc) is 2.86. The molecule has 0 bridgehead atoms. The van der Waals surface area contributed by atoms with Crippen molar-refractivity contribution in [2.24, 2.45) is 5.92 Å². The summed E-state index contributed by atoms with van der Waals surface area (Å²) in [7, 11) is 1.37. The third kappa shape index (κ3) is 4.08. The Morgan fingerprint density at radius 1 is 1.32 bits per heavy atom. The van der Waals surface area contributed by atoms with Crippen LogP contribution in [-0.4, -0.2) is 30.0 Å². The van der Waals surface area contributed by atoms with Crippen LogP contribution in [0.3, 0.4) is 0 Å². The number of esters is 1. The summed E-state index contributed by atoms with van der Waals surface area (Å²) in [4.78, 5) is 28.2. The Hall–Kier alpha value is -1.85. The van der Waals surface area contributed by atoms with Crippen molar-refractivity contribution >= 4 is 11.9 Å². The van der Waals surface area contributed by atoms with Gasteiger partial charge in [-0.3, -0.25) is 9.59 Å². The molecule has 1 heterocycles. The first-order valence-corrected chi connectivity index (χ1v) is 7.83. The second-order valence-electron chi connectivity index (χ2n) is 5.91.